The first-order chi connectivity index (χ1) is 14.2. The molecular formula is C23H17N2O4-. The number of aromatic nitrogens is 1. The second-order valence-corrected chi connectivity index (χ2v) is 6.32. The van der Waals surface area contributed by atoms with Gasteiger partial charge in [-0.05, 0) is 11.6 Å². The van der Waals surface area contributed by atoms with Crippen molar-refractivity contribution in [2.45, 2.75) is 6.04 Å². The lowest BCUT2D eigenvalue weighted by molar-refractivity contribution is -0.297. The predicted octanol–water partition coefficient (Wildman–Crippen LogP) is 3.71. The lowest BCUT2D eigenvalue weighted by Gasteiger charge is -2.07. The van der Waals surface area contributed by atoms with Gasteiger partial charge in [-0.25, -0.2) is 4.79 Å². The van der Waals surface area contributed by atoms with Gasteiger partial charge >= 0.3 is 5.97 Å². The number of allylic oxidation sites excluding steroid dienone is 4. The molecule has 0 radical (unpaired) electrons. The highest BCUT2D eigenvalue weighted by atomic mass is 16.7. The van der Waals surface area contributed by atoms with Crippen LogP contribution in [0.15, 0.2) is 95.1 Å². The summed E-state index contributed by atoms with van der Waals surface area (Å²) in [7, 11) is 0. The minimum Gasteiger partial charge on any atom is -0.544 e. The van der Waals surface area contributed by atoms with Crippen molar-refractivity contribution >= 4 is 12.0 Å². The number of nitrogens with one attached hydrogen (secondary N) is 1. The van der Waals surface area contributed by atoms with Crippen molar-refractivity contribution in [1.29, 1.82) is 0 Å². The van der Waals surface area contributed by atoms with Gasteiger partial charge < -0.3 is 14.5 Å². The van der Waals surface area contributed by atoms with E-state index in [2.05, 4.69) is 10.6 Å². The quantitative estimate of drug-likeness (QED) is 0.532. The van der Waals surface area contributed by atoms with E-state index in [0.717, 1.165) is 11.1 Å². The molecule has 0 aliphatic carbocycles. The molecule has 3 aromatic rings. The Morgan fingerprint density at radius 3 is 2.45 bits per heavy atom. The molecule has 1 atom stereocenters. The molecule has 2 heterocycles. The van der Waals surface area contributed by atoms with E-state index >= 15 is 0 Å². The molecule has 0 spiro atoms. The fourth-order valence-corrected chi connectivity index (χ4v) is 3.02. The largest absolute Gasteiger partial charge is 0.544 e. The summed E-state index contributed by atoms with van der Waals surface area (Å²) < 4.78 is 4.80. The van der Waals surface area contributed by atoms with Crippen LogP contribution in [0.5, 0.6) is 5.95 Å². The minimum atomic E-state index is -0.500. The fourth-order valence-electron chi connectivity index (χ4n) is 3.02. The molecule has 6 nitrogen and oxygen atoms in total. The van der Waals surface area contributed by atoms with E-state index in [0.29, 0.717) is 16.8 Å². The molecule has 2 aromatic carbocycles. The summed E-state index contributed by atoms with van der Waals surface area (Å²) in [6, 6.07) is 18.6. The molecule has 29 heavy (non-hydrogen) atoms. The van der Waals surface area contributed by atoms with Crippen molar-refractivity contribution in [3.8, 4) is 17.2 Å². The third-order valence-electron chi connectivity index (χ3n) is 4.45. The first kappa shape index (κ1) is 18.5. The van der Waals surface area contributed by atoms with E-state index in [4.69, 9.17) is 9.36 Å². The Kier molecular flexibility index (Phi) is 5.36. The Morgan fingerprint density at radius 1 is 0.966 bits per heavy atom. The molecule has 1 unspecified atom stereocenters. The molecule has 0 amide bonds. The molecule has 1 aliphatic heterocycles. The summed E-state index contributed by atoms with van der Waals surface area (Å²) >= 11 is 0. The zero-order chi connectivity index (χ0) is 20.1. The van der Waals surface area contributed by atoms with Crippen LogP contribution < -0.4 is 10.6 Å². The number of nitrogens with zero attached hydrogens (tertiary/aromatic N) is 1. The molecular weight excluding hydrogens is 368 g/mol. The van der Waals surface area contributed by atoms with Crippen LogP contribution in [-0.2, 0) is 9.63 Å². The Hall–Kier alpha value is -3.90. The van der Waals surface area contributed by atoms with Crippen LogP contribution in [0.2, 0.25) is 0 Å². The first-order valence-corrected chi connectivity index (χ1v) is 9.02. The summed E-state index contributed by atoms with van der Waals surface area (Å²) in [5.74, 6) is -0.917. The zero-order valence-electron chi connectivity index (χ0n) is 15.3. The van der Waals surface area contributed by atoms with E-state index in [1.54, 1.807) is 30.4 Å². The summed E-state index contributed by atoms with van der Waals surface area (Å²) in [6.45, 7) is 0. The fraction of sp³-hybridized carbons (Fsp3) is 0.0435. The Balaban J connectivity index is 1.51. The van der Waals surface area contributed by atoms with Gasteiger partial charge in [0.2, 0.25) is 0 Å². The van der Waals surface area contributed by atoms with Gasteiger partial charge in [0.15, 0.2) is 0 Å². The van der Waals surface area contributed by atoms with Gasteiger partial charge in [0, 0.05) is 11.1 Å². The van der Waals surface area contributed by atoms with Crippen LogP contribution in [0.25, 0.3) is 17.3 Å². The Bertz CT molecular complexity index is 1080. The molecule has 0 bridgehead atoms. The molecule has 1 fully saturated rings. The molecule has 4 rings (SSSR count). The number of carbonyl (C=O) groups excluding carboxylic acids is 1. The van der Waals surface area contributed by atoms with E-state index in [1.807, 2.05) is 60.7 Å². The normalized spacial score (nSPS) is 18.1. The second-order valence-electron chi connectivity index (χ2n) is 6.32. The highest BCUT2D eigenvalue weighted by Crippen LogP contribution is 2.29. The summed E-state index contributed by atoms with van der Waals surface area (Å²) in [6.07, 6.45) is 8.46. The predicted molar refractivity (Wildman–Crippen MR) is 106 cm³/mol. The second kappa shape index (κ2) is 8.41. The van der Waals surface area contributed by atoms with Crippen LogP contribution in [0.3, 0.4) is 0 Å². The number of carbonyl (C=O) groups is 1. The van der Waals surface area contributed by atoms with Gasteiger partial charge in [0.1, 0.15) is 6.04 Å². The summed E-state index contributed by atoms with van der Waals surface area (Å²) in [5.41, 5.74) is 5.83. The van der Waals surface area contributed by atoms with Gasteiger partial charge in [-0.15, -0.1) is 5.48 Å². The maximum absolute atomic E-state index is 12.0. The van der Waals surface area contributed by atoms with Crippen LogP contribution >= 0.6 is 0 Å². The van der Waals surface area contributed by atoms with E-state index in [9.17, 15) is 9.90 Å². The standard InChI is InChI=1S/C23H18N2O4/c26-22-18(20(24-28-22)16-10-4-1-5-11-16)14-8-3-9-15-19-21(25-29-23(19)27)17-12-6-2-7-13-17/h1-15,20,24,27H/p-1/b8-3+,15-9+,18-14-. The highest BCUT2D eigenvalue weighted by Gasteiger charge is 2.31. The third kappa shape index (κ3) is 4.02. The van der Waals surface area contributed by atoms with Crippen LogP contribution in [-0.4, -0.2) is 11.1 Å². The van der Waals surface area contributed by atoms with Gasteiger partial charge in [-0.1, -0.05) is 85.0 Å². The van der Waals surface area contributed by atoms with Crippen LogP contribution in [0.1, 0.15) is 17.2 Å². The molecule has 1 aromatic heterocycles. The topological polar surface area (TPSA) is 87.4 Å². The van der Waals surface area contributed by atoms with Gasteiger partial charge in [-0.2, -0.15) is 5.16 Å². The maximum atomic E-state index is 12.0. The lowest BCUT2D eigenvalue weighted by atomic mass is 10.00. The van der Waals surface area contributed by atoms with E-state index in [1.165, 1.54) is 0 Å². The SMILES string of the molecule is O=C1ONC(c2ccccc2)/C1=C/C=C/C=C/c1c(-c2ccccc2)noc1[O-]. The number of hydroxylamine groups is 1. The first-order valence-electron chi connectivity index (χ1n) is 9.02. The number of benzene rings is 2. The smallest absolute Gasteiger partial charge is 0.354 e. The van der Waals surface area contributed by atoms with Crippen LogP contribution in [0, 0.1) is 0 Å². The van der Waals surface area contributed by atoms with Crippen LogP contribution in [0.4, 0.5) is 0 Å². The molecule has 0 saturated carbocycles. The number of hydrogen-bond acceptors (Lipinski definition) is 6. The van der Waals surface area contributed by atoms with Crippen molar-refractivity contribution in [1.82, 2.24) is 10.6 Å². The number of hydrogen-bond donors (Lipinski definition) is 1. The highest BCUT2D eigenvalue weighted by molar-refractivity contribution is 5.92. The van der Waals surface area contributed by atoms with Gasteiger partial charge in [-0.3, -0.25) is 0 Å². The lowest BCUT2D eigenvalue weighted by Crippen LogP contribution is -2.12. The molecule has 1 aliphatic rings. The van der Waals surface area contributed by atoms with Crippen molar-refractivity contribution in [3.63, 3.8) is 0 Å². The third-order valence-corrected chi connectivity index (χ3v) is 4.45. The molecule has 1 saturated heterocycles. The zero-order valence-corrected chi connectivity index (χ0v) is 15.3. The van der Waals surface area contributed by atoms with Crippen molar-refractivity contribution in [3.05, 3.63) is 102 Å². The van der Waals surface area contributed by atoms with E-state index in [-0.39, 0.29) is 6.04 Å². The summed E-state index contributed by atoms with van der Waals surface area (Å²) in [5, 5.41) is 15.8. The molecule has 1 N–H and O–H groups in total. The summed E-state index contributed by atoms with van der Waals surface area (Å²) in [4.78, 5) is 16.9. The van der Waals surface area contributed by atoms with Gasteiger partial charge in [0.05, 0.1) is 17.2 Å². The molecule has 144 valence electrons. The average Bonchev–Trinajstić information content (AvgIpc) is 3.32. The monoisotopic (exact) mass is 385 g/mol. The Morgan fingerprint density at radius 2 is 1.69 bits per heavy atom. The van der Waals surface area contributed by atoms with Crippen molar-refractivity contribution < 1.29 is 19.3 Å². The van der Waals surface area contributed by atoms with Crippen molar-refractivity contribution in [2.75, 3.05) is 0 Å². The molecule has 6 heteroatoms. The van der Waals surface area contributed by atoms with Gasteiger partial charge in [0.25, 0.3) is 0 Å². The number of rotatable bonds is 5. The van der Waals surface area contributed by atoms with Crippen molar-refractivity contribution in [2.24, 2.45) is 0 Å². The maximum Gasteiger partial charge on any atom is 0.354 e. The average molecular weight is 385 g/mol. The Labute approximate surface area is 167 Å². The van der Waals surface area contributed by atoms with E-state index < -0.39 is 11.9 Å². The minimum absolute atomic E-state index is 0.326.